The van der Waals surface area contributed by atoms with E-state index in [1.54, 1.807) is 24.4 Å². The van der Waals surface area contributed by atoms with Crippen molar-refractivity contribution in [3.8, 4) is 0 Å². The van der Waals surface area contributed by atoms with Crippen LogP contribution in [0.2, 0.25) is 5.02 Å². The molecule has 20 heavy (non-hydrogen) atoms. The molecular formula is C15H15BrClFN2. The Morgan fingerprint density at radius 1 is 1.35 bits per heavy atom. The average Bonchev–Trinajstić information content (AvgIpc) is 2.44. The topological polar surface area (TPSA) is 24.9 Å². The van der Waals surface area contributed by atoms with Crippen LogP contribution in [0.4, 0.5) is 4.39 Å². The van der Waals surface area contributed by atoms with Crippen LogP contribution in [0.15, 0.2) is 41.0 Å². The van der Waals surface area contributed by atoms with E-state index in [0.717, 1.165) is 16.7 Å². The first-order valence-electron chi connectivity index (χ1n) is 6.39. The molecule has 0 bridgehead atoms. The summed E-state index contributed by atoms with van der Waals surface area (Å²) >= 11 is 9.19. The summed E-state index contributed by atoms with van der Waals surface area (Å²) in [7, 11) is 0. The number of nitrogens with zero attached hydrogens (tertiary/aromatic N) is 1. The molecule has 0 aliphatic heterocycles. The quantitative estimate of drug-likeness (QED) is 0.850. The summed E-state index contributed by atoms with van der Waals surface area (Å²) in [6.45, 7) is 2.80. The summed E-state index contributed by atoms with van der Waals surface area (Å²) in [6, 6.07) is 8.89. The van der Waals surface area contributed by atoms with Crippen LogP contribution in [0.1, 0.15) is 24.2 Å². The third kappa shape index (κ3) is 3.78. The van der Waals surface area contributed by atoms with E-state index in [9.17, 15) is 4.39 Å². The number of hydrogen-bond donors (Lipinski definition) is 1. The Bertz CT molecular complexity index is 575. The Balaban J connectivity index is 2.25. The highest BCUT2D eigenvalue weighted by Gasteiger charge is 2.16. The summed E-state index contributed by atoms with van der Waals surface area (Å²) in [6.07, 6.45) is 2.25. The van der Waals surface area contributed by atoms with Crippen molar-refractivity contribution in [1.82, 2.24) is 10.3 Å². The van der Waals surface area contributed by atoms with Gasteiger partial charge in [0.05, 0.1) is 16.8 Å². The van der Waals surface area contributed by atoms with Gasteiger partial charge in [0.15, 0.2) is 0 Å². The van der Waals surface area contributed by atoms with Gasteiger partial charge in [-0.15, -0.1) is 0 Å². The number of benzene rings is 1. The molecule has 0 fully saturated rings. The maximum Gasteiger partial charge on any atom is 0.145 e. The molecule has 1 N–H and O–H groups in total. The molecule has 0 saturated carbocycles. The summed E-state index contributed by atoms with van der Waals surface area (Å²) in [5.74, 6) is -0.353. The molecular weight excluding hydrogens is 343 g/mol. The van der Waals surface area contributed by atoms with E-state index >= 15 is 0 Å². The zero-order valence-electron chi connectivity index (χ0n) is 11.0. The van der Waals surface area contributed by atoms with Gasteiger partial charge in [-0.05, 0) is 52.7 Å². The van der Waals surface area contributed by atoms with Crippen LogP contribution in [-0.4, -0.2) is 11.5 Å². The molecule has 1 unspecified atom stereocenters. The predicted molar refractivity (Wildman–Crippen MR) is 83.5 cm³/mol. The highest BCUT2D eigenvalue weighted by molar-refractivity contribution is 9.10. The van der Waals surface area contributed by atoms with Gasteiger partial charge in [-0.25, -0.2) is 4.39 Å². The van der Waals surface area contributed by atoms with E-state index in [1.807, 2.05) is 19.1 Å². The molecule has 1 atom stereocenters. The minimum atomic E-state index is -0.353. The zero-order valence-corrected chi connectivity index (χ0v) is 13.4. The molecule has 0 aliphatic carbocycles. The first kappa shape index (κ1) is 15.4. The number of aromatic nitrogens is 1. The van der Waals surface area contributed by atoms with Crippen molar-refractivity contribution in [2.45, 2.75) is 19.4 Å². The minimum absolute atomic E-state index is 0.0407. The van der Waals surface area contributed by atoms with Gasteiger partial charge in [0, 0.05) is 10.7 Å². The van der Waals surface area contributed by atoms with Gasteiger partial charge in [0.1, 0.15) is 5.82 Å². The predicted octanol–water partition coefficient (Wildman–Crippen LogP) is 4.53. The second-order valence-electron chi connectivity index (χ2n) is 4.43. The molecule has 2 nitrogen and oxygen atoms in total. The lowest BCUT2D eigenvalue weighted by Crippen LogP contribution is -2.24. The molecule has 0 radical (unpaired) electrons. The summed E-state index contributed by atoms with van der Waals surface area (Å²) in [4.78, 5) is 4.38. The van der Waals surface area contributed by atoms with Gasteiger partial charge in [0.2, 0.25) is 0 Å². The Morgan fingerprint density at radius 2 is 2.15 bits per heavy atom. The lowest BCUT2D eigenvalue weighted by Gasteiger charge is -2.18. The molecule has 2 aromatic rings. The van der Waals surface area contributed by atoms with Crippen LogP contribution >= 0.6 is 27.5 Å². The Hall–Kier alpha value is -0.970. The SMILES string of the molecule is CCNC(Cc1cccc(Cl)c1F)c1ccc(Br)cn1. The number of rotatable bonds is 5. The molecule has 5 heteroatoms. The van der Waals surface area contributed by atoms with Gasteiger partial charge >= 0.3 is 0 Å². The van der Waals surface area contributed by atoms with Crippen LogP contribution in [-0.2, 0) is 6.42 Å². The van der Waals surface area contributed by atoms with Crippen LogP contribution in [0.5, 0.6) is 0 Å². The van der Waals surface area contributed by atoms with E-state index in [4.69, 9.17) is 11.6 Å². The first-order valence-corrected chi connectivity index (χ1v) is 7.56. The first-order chi connectivity index (χ1) is 9.61. The molecule has 2 rings (SSSR count). The van der Waals surface area contributed by atoms with Gasteiger partial charge < -0.3 is 5.32 Å². The molecule has 0 amide bonds. The standard InChI is InChI=1S/C15H15BrClFN2/c1-2-19-14(13-7-6-11(16)9-20-13)8-10-4-3-5-12(17)15(10)18/h3-7,9,14,19H,2,8H2,1H3. The van der Waals surface area contributed by atoms with Gasteiger partial charge in [-0.3, -0.25) is 4.98 Å². The van der Waals surface area contributed by atoms with Crippen LogP contribution < -0.4 is 5.32 Å². The van der Waals surface area contributed by atoms with E-state index < -0.39 is 0 Å². The van der Waals surface area contributed by atoms with Crippen molar-refractivity contribution in [2.75, 3.05) is 6.54 Å². The number of nitrogens with one attached hydrogen (secondary N) is 1. The lowest BCUT2D eigenvalue weighted by molar-refractivity contribution is 0.518. The number of pyridine rings is 1. The Kier molecular flexibility index (Phi) is 5.52. The van der Waals surface area contributed by atoms with Gasteiger partial charge in [-0.1, -0.05) is 30.7 Å². The second kappa shape index (κ2) is 7.16. The number of halogens is 3. The van der Waals surface area contributed by atoms with E-state index in [1.165, 1.54) is 0 Å². The van der Waals surface area contributed by atoms with E-state index in [2.05, 4.69) is 26.2 Å². The molecule has 0 spiro atoms. The molecule has 1 aromatic carbocycles. The fourth-order valence-corrected chi connectivity index (χ4v) is 2.48. The third-order valence-electron chi connectivity index (χ3n) is 3.01. The van der Waals surface area contributed by atoms with Crippen molar-refractivity contribution in [3.05, 3.63) is 63.1 Å². The van der Waals surface area contributed by atoms with Crippen molar-refractivity contribution in [3.63, 3.8) is 0 Å². The average molecular weight is 358 g/mol. The normalized spacial score (nSPS) is 12.4. The lowest BCUT2D eigenvalue weighted by atomic mass is 10.0. The smallest absolute Gasteiger partial charge is 0.145 e. The molecule has 1 heterocycles. The zero-order chi connectivity index (χ0) is 14.5. The van der Waals surface area contributed by atoms with Crippen molar-refractivity contribution in [1.29, 1.82) is 0 Å². The van der Waals surface area contributed by atoms with Crippen molar-refractivity contribution < 1.29 is 4.39 Å². The van der Waals surface area contributed by atoms with E-state index in [-0.39, 0.29) is 16.9 Å². The fraction of sp³-hybridized carbons (Fsp3) is 0.267. The summed E-state index contributed by atoms with van der Waals surface area (Å²) in [5.41, 5.74) is 1.47. The minimum Gasteiger partial charge on any atom is -0.309 e. The van der Waals surface area contributed by atoms with E-state index in [0.29, 0.717) is 12.0 Å². The Morgan fingerprint density at radius 3 is 2.80 bits per heavy atom. The molecule has 0 saturated heterocycles. The van der Waals surface area contributed by atoms with Crippen molar-refractivity contribution in [2.24, 2.45) is 0 Å². The summed E-state index contributed by atoms with van der Waals surface area (Å²) < 4.78 is 14.9. The van der Waals surface area contributed by atoms with Crippen LogP contribution in [0.25, 0.3) is 0 Å². The van der Waals surface area contributed by atoms with Gasteiger partial charge in [-0.2, -0.15) is 0 Å². The number of hydrogen-bond acceptors (Lipinski definition) is 2. The fourth-order valence-electron chi connectivity index (χ4n) is 2.05. The van der Waals surface area contributed by atoms with Crippen molar-refractivity contribution >= 4 is 27.5 Å². The molecule has 1 aromatic heterocycles. The highest BCUT2D eigenvalue weighted by atomic mass is 79.9. The maximum atomic E-state index is 14.0. The molecule has 0 aliphatic rings. The van der Waals surface area contributed by atoms with Crippen LogP contribution in [0, 0.1) is 5.82 Å². The highest BCUT2D eigenvalue weighted by Crippen LogP contribution is 2.23. The largest absolute Gasteiger partial charge is 0.309 e. The van der Waals surface area contributed by atoms with Gasteiger partial charge in [0.25, 0.3) is 0 Å². The maximum absolute atomic E-state index is 14.0. The second-order valence-corrected chi connectivity index (χ2v) is 5.75. The molecule has 106 valence electrons. The third-order valence-corrected chi connectivity index (χ3v) is 3.77. The summed E-state index contributed by atoms with van der Waals surface area (Å²) in [5, 5.41) is 3.48. The van der Waals surface area contributed by atoms with Crippen LogP contribution in [0.3, 0.4) is 0 Å². The monoisotopic (exact) mass is 356 g/mol. The Labute approximate surface area is 131 Å². The number of likely N-dealkylation sites (N-methyl/N-ethyl adjacent to an activating group) is 1.